The molecule has 0 aliphatic heterocycles. The fraction of sp³-hybridized carbons (Fsp3) is 0.0714. The zero-order chi connectivity index (χ0) is 14.8. The van der Waals surface area contributed by atoms with Crippen LogP contribution >= 0.6 is 0 Å². The first-order valence-electron chi connectivity index (χ1n) is 5.63. The Balaban J connectivity index is 2.36. The summed E-state index contributed by atoms with van der Waals surface area (Å²) in [4.78, 5) is -0.268. The molecule has 0 N–H and O–H groups in total. The highest BCUT2D eigenvalue weighted by Crippen LogP contribution is 2.20. The molecular formula is C14H10FNO3S. The van der Waals surface area contributed by atoms with Gasteiger partial charge in [-0.15, -0.1) is 0 Å². The second-order valence-corrected chi connectivity index (χ2v) is 5.65. The van der Waals surface area contributed by atoms with Gasteiger partial charge in [0, 0.05) is 0 Å². The SMILES string of the molecule is Cc1ccc(OS(=O)(=O)c2ccc(F)c(C#N)c2)cc1. The molecule has 2 rings (SSSR count). The molecule has 0 atom stereocenters. The molecule has 0 aliphatic carbocycles. The minimum Gasteiger partial charge on any atom is -0.379 e. The molecule has 0 unspecified atom stereocenters. The van der Waals surface area contributed by atoms with Crippen LogP contribution in [-0.2, 0) is 10.1 Å². The minimum atomic E-state index is -4.09. The van der Waals surface area contributed by atoms with Crippen LogP contribution in [0.1, 0.15) is 11.1 Å². The van der Waals surface area contributed by atoms with Crippen molar-refractivity contribution in [3.63, 3.8) is 0 Å². The van der Waals surface area contributed by atoms with Crippen LogP contribution in [0.5, 0.6) is 5.75 Å². The topological polar surface area (TPSA) is 67.2 Å². The third kappa shape index (κ3) is 2.95. The van der Waals surface area contributed by atoms with Gasteiger partial charge in [0.2, 0.25) is 0 Å². The number of hydrogen-bond donors (Lipinski definition) is 0. The van der Waals surface area contributed by atoms with Crippen LogP contribution in [0.25, 0.3) is 0 Å². The van der Waals surface area contributed by atoms with E-state index in [9.17, 15) is 12.8 Å². The van der Waals surface area contributed by atoms with Gasteiger partial charge in [-0.3, -0.25) is 0 Å². The van der Waals surface area contributed by atoms with Crippen molar-refractivity contribution < 1.29 is 17.0 Å². The molecule has 0 aliphatic rings. The van der Waals surface area contributed by atoms with Crippen LogP contribution in [0.2, 0.25) is 0 Å². The van der Waals surface area contributed by atoms with Crippen LogP contribution in [0.3, 0.4) is 0 Å². The lowest BCUT2D eigenvalue weighted by Crippen LogP contribution is -2.10. The van der Waals surface area contributed by atoms with Gasteiger partial charge in [-0.25, -0.2) is 4.39 Å². The van der Waals surface area contributed by atoms with Crippen LogP contribution in [0.15, 0.2) is 47.4 Å². The van der Waals surface area contributed by atoms with Crippen molar-refractivity contribution in [3.05, 3.63) is 59.4 Å². The summed E-state index contributed by atoms with van der Waals surface area (Å²) in [5.41, 5.74) is 0.613. The maximum Gasteiger partial charge on any atom is 0.339 e. The molecule has 4 nitrogen and oxygen atoms in total. The third-order valence-electron chi connectivity index (χ3n) is 2.57. The highest BCUT2D eigenvalue weighted by atomic mass is 32.2. The molecule has 0 fully saturated rings. The highest BCUT2D eigenvalue weighted by Gasteiger charge is 2.18. The summed E-state index contributed by atoms with van der Waals surface area (Å²) in [7, 11) is -4.09. The normalized spacial score (nSPS) is 10.8. The first kappa shape index (κ1) is 14.0. The highest BCUT2D eigenvalue weighted by molar-refractivity contribution is 7.87. The number of aryl methyl sites for hydroxylation is 1. The van der Waals surface area contributed by atoms with Gasteiger partial charge in [-0.1, -0.05) is 17.7 Å². The molecule has 0 heterocycles. The van der Waals surface area contributed by atoms with Gasteiger partial charge < -0.3 is 4.18 Å². The molecule has 0 bridgehead atoms. The van der Waals surface area contributed by atoms with Gasteiger partial charge >= 0.3 is 10.1 Å². The average molecular weight is 291 g/mol. The van der Waals surface area contributed by atoms with E-state index in [0.717, 1.165) is 23.8 Å². The summed E-state index contributed by atoms with van der Waals surface area (Å²) < 4.78 is 42.1. The van der Waals surface area contributed by atoms with Crippen LogP contribution in [-0.4, -0.2) is 8.42 Å². The third-order valence-corrected chi connectivity index (χ3v) is 3.82. The van der Waals surface area contributed by atoms with Crippen molar-refractivity contribution in [2.24, 2.45) is 0 Å². The summed E-state index contributed by atoms with van der Waals surface area (Å²) in [5.74, 6) is -0.625. The Morgan fingerprint density at radius 2 is 1.80 bits per heavy atom. The summed E-state index contributed by atoms with van der Waals surface area (Å²) in [6.07, 6.45) is 0. The van der Waals surface area contributed by atoms with Crippen LogP contribution in [0, 0.1) is 24.1 Å². The number of halogens is 1. The van der Waals surface area contributed by atoms with Crippen molar-refractivity contribution in [2.45, 2.75) is 11.8 Å². The number of nitriles is 1. The van der Waals surface area contributed by atoms with Gasteiger partial charge in [0.25, 0.3) is 0 Å². The Morgan fingerprint density at radius 3 is 2.40 bits per heavy atom. The smallest absolute Gasteiger partial charge is 0.339 e. The van der Waals surface area contributed by atoms with E-state index in [1.165, 1.54) is 12.1 Å². The molecule has 0 radical (unpaired) electrons. The number of rotatable bonds is 3. The lowest BCUT2D eigenvalue weighted by Gasteiger charge is -2.07. The zero-order valence-electron chi connectivity index (χ0n) is 10.5. The largest absolute Gasteiger partial charge is 0.379 e. The Bertz CT molecular complexity index is 777. The van der Waals surface area contributed by atoms with E-state index >= 15 is 0 Å². The molecule has 20 heavy (non-hydrogen) atoms. The standard InChI is InChI=1S/C14H10FNO3S/c1-10-2-4-12(5-3-10)19-20(17,18)13-6-7-14(15)11(8-13)9-16/h2-8H,1H3. The molecule has 0 saturated heterocycles. The van der Waals surface area contributed by atoms with Crippen molar-refractivity contribution in [1.29, 1.82) is 5.26 Å². The lowest BCUT2D eigenvalue weighted by atomic mass is 10.2. The summed E-state index contributed by atoms with van der Waals surface area (Å²) >= 11 is 0. The minimum absolute atomic E-state index is 0.151. The van der Waals surface area contributed by atoms with E-state index in [4.69, 9.17) is 9.44 Å². The predicted octanol–water partition coefficient (Wildman–Crippen LogP) is 2.77. The average Bonchev–Trinajstić information content (AvgIpc) is 2.41. The summed E-state index contributed by atoms with van der Waals surface area (Å²) in [5, 5.41) is 8.70. The molecule has 6 heteroatoms. The monoisotopic (exact) mass is 291 g/mol. The van der Waals surface area contributed by atoms with Crippen molar-refractivity contribution >= 4 is 10.1 Å². The van der Waals surface area contributed by atoms with E-state index in [1.807, 2.05) is 6.92 Å². The van der Waals surface area contributed by atoms with E-state index in [0.29, 0.717) is 0 Å². The second-order valence-electron chi connectivity index (χ2n) is 4.10. The quantitative estimate of drug-likeness (QED) is 0.815. The van der Waals surface area contributed by atoms with E-state index < -0.39 is 15.9 Å². The fourth-order valence-corrected chi connectivity index (χ4v) is 2.47. The van der Waals surface area contributed by atoms with Crippen LogP contribution < -0.4 is 4.18 Å². The van der Waals surface area contributed by atoms with E-state index in [1.54, 1.807) is 18.2 Å². The molecule has 0 saturated carbocycles. The molecule has 102 valence electrons. The first-order chi connectivity index (χ1) is 9.42. The van der Waals surface area contributed by atoms with Crippen LogP contribution in [0.4, 0.5) is 4.39 Å². The summed E-state index contributed by atoms with van der Waals surface area (Å²) in [6.45, 7) is 1.86. The molecule has 2 aromatic carbocycles. The molecule has 2 aromatic rings. The maximum absolute atomic E-state index is 13.2. The van der Waals surface area contributed by atoms with Crippen molar-refractivity contribution in [3.8, 4) is 11.8 Å². The molecule has 0 aromatic heterocycles. The first-order valence-corrected chi connectivity index (χ1v) is 7.04. The zero-order valence-corrected chi connectivity index (χ0v) is 11.3. The van der Waals surface area contributed by atoms with Gasteiger partial charge in [-0.2, -0.15) is 13.7 Å². The number of hydrogen-bond acceptors (Lipinski definition) is 4. The molecule has 0 spiro atoms. The lowest BCUT2D eigenvalue weighted by molar-refractivity contribution is 0.485. The molecular weight excluding hydrogens is 281 g/mol. The fourth-order valence-electron chi connectivity index (χ4n) is 1.51. The Hall–Kier alpha value is -2.39. The van der Waals surface area contributed by atoms with Gasteiger partial charge in [0.05, 0.1) is 5.56 Å². The Morgan fingerprint density at radius 1 is 1.15 bits per heavy atom. The Kier molecular flexibility index (Phi) is 3.72. The van der Waals surface area contributed by atoms with Crippen molar-refractivity contribution in [2.75, 3.05) is 0 Å². The van der Waals surface area contributed by atoms with E-state index in [2.05, 4.69) is 0 Å². The Labute approximate surface area is 116 Å². The summed E-state index contributed by atoms with van der Waals surface area (Å²) in [6, 6.07) is 10.9. The second kappa shape index (κ2) is 5.31. The van der Waals surface area contributed by atoms with Gasteiger partial charge in [0.1, 0.15) is 22.5 Å². The van der Waals surface area contributed by atoms with Gasteiger partial charge in [-0.05, 0) is 37.3 Å². The molecule has 0 amide bonds. The number of nitrogens with zero attached hydrogens (tertiary/aromatic N) is 1. The van der Waals surface area contributed by atoms with E-state index in [-0.39, 0.29) is 16.2 Å². The number of benzene rings is 2. The van der Waals surface area contributed by atoms with Gasteiger partial charge in [0.15, 0.2) is 0 Å². The maximum atomic E-state index is 13.2. The van der Waals surface area contributed by atoms with Crippen molar-refractivity contribution in [1.82, 2.24) is 0 Å². The predicted molar refractivity (Wildman–Crippen MR) is 70.1 cm³/mol.